The molecule has 0 aliphatic rings. The highest BCUT2D eigenvalue weighted by Gasteiger charge is 2.03. The lowest BCUT2D eigenvalue weighted by atomic mass is 10.1. The summed E-state index contributed by atoms with van der Waals surface area (Å²) in [6.45, 7) is 0.707. The van der Waals surface area contributed by atoms with E-state index in [0.717, 1.165) is 11.3 Å². The zero-order valence-corrected chi connectivity index (χ0v) is 10.7. The summed E-state index contributed by atoms with van der Waals surface area (Å²) in [7, 11) is 1.87. The fourth-order valence-electron chi connectivity index (χ4n) is 1.71. The Hall–Kier alpha value is -2.33. The highest BCUT2D eigenvalue weighted by molar-refractivity contribution is 6.02. The topological polar surface area (TPSA) is 54.3 Å². The molecule has 0 fully saturated rings. The van der Waals surface area contributed by atoms with E-state index >= 15 is 0 Å². The van der Waals surface area contributed by atoms with Crippen molar-refractivity contribution < 1.29 is 9.21 Å². The number of hydrogen-bond acceptors (Lipinski definition) is 3. The highest BCUT2D eigenvalue weighted by atomic mass is 16.3. The Kier molecular flexibility index (Phi) is 4.53. The Morgan fingerprint density at radius 1 is 1.26 bits per heavy atom. The summed E-state index contributed by atoms with van der Waals surface area (Å²) in [5.74, 6) is 0.471. The molecule has 0 unspecified atom stereocenters. The third kappa shape index (κ3) is 3.82. The molecular weight excluding hydrogens is 240 g/mol. The molecule has 98 valence electrons. The number of rotatable bonds is 5. The second-order valence-corrected chi connectivity index (χ2v) is 4.03. The van der Waals surface area contributed by atoms with Gasteiger partial charge in [-0.25, -0.2) is 0 Å². The third-order valence-electron chi connectivity index (χ3n) is 2.58. The van der Waals surface area contributed by atoms with E-state index in [1.165, 1.54) is 6.08 Å². The molecule has 0 saturated heterocycles. The third-order valence-corrected chi connectivity index (χ3v) is 2.58. The van der Waals surface area contributed by atoms with Gasteiger partial charge in [-0.2, -0.15) is 0 Å². The minimum absolute atomic E-state index is 0.181. The summed E-state index contributed by atoms with van der Waals surface area (Å²) in [5, 5.41) is 5.92. The van der Waals surface area contributed by atoms with Crippen molar-refractivity contribution in [3.8, 4) is 0 Å². The first kappa shape index (κ1) is 13.1. The largest absolute Gasteiger partial charge is 0.465 e. The smallest absolute Gasteiger partial charge is 0.248 e. The van der Waals surface area contributed by atoms with Crippen LogP contribution in [0.3, 0.4) is 0 Å². The number of furan rings is 1. The number of hydrogen-bond donors (Lipinski definition) is 2. The molecule has 19 heavy (non-hydrogen) atoms. The molecule has 0 spiro atoms. The molecule has 0 aliphatic heterocycles. The van der Waals surface area contributed by atoms with Crippen LogP contribution in [0.25, 0.3) is 6.08 Å². The van der Waals surface area contributed by atoms with Crippen LogP contribution in [-0.2, 0) is 11.3 Å². The van der Waals surface area contributed by atoms with E-state index in [2.05, 4.69) is 10.6 Å². The molecule has 2 rings (SSSR count). The molecule has 1 amide bonds. The summed E-state index contributed by atoms with van der Waals surface area (Å²) in [5.41, 5.74) is 1.86. The normalized spacial score (nSPS) is 10.8. The van der Waals surface area contributed by atoms with Gasteiger partial charge in [0.05, 0.1) is 6.26 Å². The van der Waals surface area contributed by atoms with Crippen LogP contribution in [0.5, 0.6) is 0 Å². The van der Waals surface area contributed by atoms with Crippen LogP contribution in [0, 0.1) is 0 Å². The molecule has 1 heterocycles. The van der Waals surface area contributed by atoms with E-state index in [1.807, 2.05) is 31.3 Å². The van der Waals surface area contributed by atoms with Crippen molar-refractivity contribution in [2.24, 2.45) is 0 Å². The lowest BCUT2D eigenvalue weighted by Gasteiger charge is -2.08. The van der Waals surface area contributed by atoms with E-state index in [9.17, 15) is 4.79 Å². The van der Waals surface area contributed by atoms with Crippen molar-refractivity contribution in [1.82, 2.24) is 5.32 Å². The van der Waals surface area contributed by atoms with E-state index in [-0.39, 0.29) is 5.91 Å². The van der Waals surface area contributed by atoms with Gasteiger partial charge in [-0.1, -0.05) is 18.2 Å². The van der Waals surface area contributed by atoms with Gasteiger partial charge in [0.1, 0.15) is 5.76 Å². The first-order valence-corrected chi connectivity index (χ1v) is 6.04. The standard InChI is InChI=1S/C15H16N2O2/c1-16-11-12-5-2-3-7-14(12)17-15(18)9-8-13-6-4-10-19-13/h2-10,16H,11H2,1H3,(H,17,18)/b9-8+. The number of para-hydroxylation sites is 1. The van der Waals surface area contributed by atoms with Crippen molar-refractivity contribution in [3.63, 3.8) is 0 Å². The lowest BCUT2D eigenvalue weighted by Crippen LogP contribution is -2.12. The average molecular weight is 256 g/mol. The van der Waals surface area contributed by atoms with Crippen LogP contribution in [0.1, 0.15) is 11.3 Å². The van der Waals surface area contributed by atoms with Crippen LogP contribution in [0.15, 0.2) is 53.2 Å². The van der Waals surface area contributed by atoms with Crippen LogP contribution >= 0.6 is 0 Å². The van der Waals surface area contributed by atoms with Crippen LogP contribution < -0.4 is 10.6 Å². The van der Waals surface area contributed by atoms with Crippen molar-refractivity contribution >= 4 is 17.7 Å². The summed E-state index contributed by atoms with van der Waals surface area (Å²) >= 11 is 0. The Bertz CT molecular complexity index is 559. The zero-order chi connectivity index (χ0) is 13.5. The Balaban J connectivity index is 2.02. The molecule has 4 nitrogen and oxygen atoms in total. The minimum atomic E-state index is -0.181. The molecule has 4 heteroatoms. The van der Waals surface area contributed by atoms with Crippen molar-refractivity contribution in [2.75, 3.05) is 12.4 Å². The quantitative estimate of drug-likeness (QED) is 0.809. The predicted octanol–water partition coefficient (Wildman–Crippen LogP) is 2.65. The van der Waals surface area contributed by atoms with Crippen LogP contribution in [-0.4, -0.2) is 13.0 Å². The van der Waals surface area contributed by atoms with Gasteiger partial charge < -0.3 is 15.1 Å². The molecule has 2 N–H and O–H groups in total. The van der Waals surface area contributed by atoms with Gasteiger partial charge in [0.25, 0.3) is 0 Å². The van der Waals surface area contributed by atoms with Gasteiger partial charge in [-0.15, -0.1) is 0 Å². The van der Waals surface area contributed by atoms with Gasteiger partial charge in [-0.3, -0.25) is 4.79 Å². The van der Waals surface area contributed by atoms with Crippen LogP contribution in [0.4, 0.5) is 5.69 Å². The number of carbonyl (C=O) groups is 1. The SMILES string of the molecule is CNCc1ccccc1NC(=O)/C=C/c1ccco1. The minimum Gasteiger partial charge on any atom is -0.465 e. The summed E-state index contributed by atoms with van der Waals surface area (Å²) in [6, 6.07) is 11.3. The first-order valence-electron chi connectivity index (χ1n) is 6.04. The second-order valence-electron chi connectivity index (χ2n) is 4.03. The maximum absolute atomic E-state index is 11.8. The summed E-state index contributed by atoms with van der Waals surface area (Å²) < 4.78 is 5.12. The van der Waals surface area contributed by atoms with E-state index in [1.54, 1.807) is 24.5 Å². The predicted molar refractivity (Wildman–Crippen MR) is 75.6 cm³/mol. The maximum atomic E-state index is 11.8. The molecule has 1 aromatic carbocycles. The van der Waals surface area contributed by atoms with E-state index in [0.29, 0.717) is 12.3 Å². The fourth-order valence-corrected chi connectivity index (χ4v) is 1.71. The summed E-state index contributed by atoms with van der Waals surface area (Å²) in [6.07, 6.45) is 4.66. The zero-order valence-electron chi connectivity index (χ0n) is 10.7. The molecule has 1 aromatic heterocycles. The van der Waals surface area contributed by atoms with E-state index < -0.39 is 0 Å². The summed E-state index contributed by atoms with van der Waals surface area (Å²) in [4.78, 5) is 11.8. The fraction of sp³-hybridized carbons (Fsp3) is 0.133. The lowest BCUT2D eigenvalue weighted by molar-refractivity contribution is -0.111. The van der Waals surface area contributed by atoms with Gasteiger partial charge >= 0.3 is 0 Å². The molecule has 0 bridgehead atoms. The van der Waals surface area contributed by atoms with Crippen LogP contribution in [0.2, 0.25) is 0 Å². The number of benzene rings is 1. The van der Waals surface area contributed by atoms with Crippen molar-refractivity contribution in [2.45, 2.75) is 6.54 Å². The average Bonchev–Trinajstić information content (AvgIpc) is 2.92. The Morgan fingerprint density at radius 3 is 2.84 bits per heavy atom. The number of anilines is 1. The van der Waals surface area contributed by atoms with Gasteiger partial charge in [-0.05, 0) is 36.9 Å². The maximum Gasteiger partial charge on any atom is 0.248 e. The molecule has 0 saturated carbocycles. The number of nitrogens with one attached hydrogen (secondary N) is 2. The van der Waals surface area contributed by atoms with Crippen molar-refractivity contribution in [1.29, 1.82) is 0 Å². The monoisotopic (exact) mass is 256 g/mol. The van der Waals surface area contributed by atoms with Crippen molar-refractivity contribution in [3.05, 3.63) is 60.1 Å². The molecule has 2 aromatic rings. The van der Waals surface area contributed by atoms with Gasteiger partial charge in [0, 0.05) is 18.3 Å². The first-order chi connectivity index (χ1) is 9.29. The van der Waals surface area contributed by atoms with Gasteiger partial charge in [0.2, 0.25) is 5.91 Å². The number of carbonyl (C=O) groups excluding carboxylic acids is 1. The molecule has 0 atom stereocenters. The second kappa shape index (κ2) is 6.56. The molecule has 0 aliphatic carbocycles. The Morgan fingerprint density at radius 2 is 2.11 bits per heavy atom. The Labute approximate surface area is 112 Å². The van der Waals surface area contributed by atoms with Gasteiger partial charge in [0.15, 0.2) is 0 Å². The molecule has 0 radical (unpaired) electrons. The molecular formula is C15H16N2O2. The highest BCUT2D eigenvalue weighted by Crippen LogP contribution is 2.14. The number of amides is 1. The van der Waals surface area contributed by atoms with E-state index in [4.69, 9.17) is 4.42 Å².